The predicted molar refractivity (Wildman–Crippen MR) is 129 cm³/mol. The standard InChI is InChI=1S/C22H26ClN3O2S.ClH/c1-15-8-5-6-9-18(15)28-14-19(27)26(13-7-12-25(3)4)22-24-20-16(2)10-11-17(23)21(20)29-22;/h5-6,8-11H,7,12-14H2,1-4H3;1H. The zero-order valence-electron chi connectivity index (χ0n) is 17.6. The van der Waals surface area contributed by atoms with Crippen LogP contribution in [0.15, 0.2) is 36.4 Å². The number of hydrogen-bond donors (Lipinski definition) is 0. The minimum Gasteiger partial charge on any atom is -0.483 e. The number of thiazole rings is 1. The van der Waals surface area contributed by atoms with Gasteiger partial charge in [-0.15, -0.1) is 12.4 Å². The molecule has 0 spiro atoms. The second kappa shape index (κ2) is 11.0. The molecule has 0 aliphatic carbocycles. The lowest BCUT2D eigenvalue weighted by molar-refractivity contribution is -0.120. The lowest BCUT2D eigenvalue weighted by atomic mass is 10.2. The van der Waals surface area contributed by atoms with Gasteiger partial charge in [-0.05, 0) is 64.2 Å². The number of hydrogen-bond acceptors (Lipinski definition) is 5. The SMILES string of the molecule is Cc1ccccc1OCC(=O)N(CCCN(C)C)c1nc2c(C)ccc(Cl)c2s1.Cl. The molecule has 0 fully saturated rings. The van der Waals surface area contributed by atoms with Gasteiger partial charge < -0.3 is 9.64 Å². The molecule has 162 valence electrons. The third-order valence-electron chi connectivity index (χ3n) is 4.65. The molecule has 0 unspecified atom stereocenters. The number of carbonyl (C=O) groups is 1. The second-order valence-corrected chi connectivity index (χ2v) is 8.68. The molecule has 1 aromatic heterocycles. The summed E-state index contributed by atoms with van der Waals surface area (Å²) in [6, 6.07) is 11.5. The fourth-order valence-electron chi connectivity index (χ4n) is 3.01. The number of para-hydroxylation sites is 1. The van der Waals surface area contributed by atoms with E-state index in [1.165, 1.54) is 11.3 Å². The summed E-state index contributed by atoms with van der Waals surface area (Å²) >= 11 is 7.82. The Bertz CT molecular complexity index is 968. The number of ether oxygens (including phenoxy) is 1. The van der Waals surface area contributed by atoms with Crippen molar-refractivity contribution < 1.29 is 9.53 Å². The van der Waals surface area contributed by atoms with Crippen LogP contribution in [0.5, 0.6) is 5.75 Å². The number of halogens is 2. The Morgan fingerprint density at radius 3 is 2.50 bits per heavy atom. The van der Waals surface area contributed by atoms with E-state index in [1.54, 1.807) is 4.90 Å². The van der Waals surface area contributed by atoms with Crippen LogP contribution in [0, 0.1) is 13.8 Å². The lowest BCUT2D eigenvalue weighted by Gasteiger charge is -2.21. The molecule has 0 aliphatic rings. The fraction of sp³-hybridized carbons (Fsp3) is 0.364. The molecule has 0 atom stereocenters. The van der Waals surface area contributed by atoms with Crippen LogP contribution in [0.2, 0.25) is 5.02 Å². The van der Waals surface area contributed by atoms with Crippen molar-refractivity contribution in [3.63, 3.8) is 0 Å². The van der Waals surface area contributed by atoms with Gasteiger partial charge in [0.05, 0.1) is 15.2 Å². The van der Waals surface area contributed by atoms with Gasteiger partial charge in [0.1, 0.15) is 5.75 Å². The van der Waals surface area contributed by atoms with Gasteiger partial charge in [0, 0.05) is 6.54 Å². The minimum atomic E-state index is -0.111. The number of rotatable bonds is 8. The molecule has 0 N–H and O–H groups in total. The van der Waals surface area contributed by atoms with Crippen LogP contribution in [-0.4, -0.2) is 49.6 Å². The topological polar surface area (TPSA) is 45.7 Å². The van der Waals surface area contributed by atoms with Gasteiger partial charge in [0.25, 0.3) is 5.91 Å². The third-order valence-corrected chi connectivity index (χ3v) is 6.19. The third kappa shape index (κ3) is 5.85. The zero-order chi connectivity index (χ0) is 21.0. The van der Waals surface area contributed by atoms with Gasteiger partial charge in [-0.2, -0.15) is 0 Å². The lowest BCUT2D eigenvalue weighted by Crippen LogP contribution is -2.36. The number of aromatic nitrogens is 1. The number of anilines is 1. The summed E-state index contributed by atoms with van der Waals surface area (Å²) in [6.07, 6.45) is 0.839. The van der Waals surface area contributed by atoms with Crippen LogP contribution >= 0.6 is 35.3 Å². The van der Waals surface area contributed by atoms with Crippen molar-refractivity contribution >= 4 is 56.6 Å². The molecular weight excluding hydrogens is 441 g/mol. The van der Waals surface area contributed by atoms with E-state index in [0.29, 0.717) is 16.7 Å². The summed E-state index contributed by atoms with van der Waals surface area (Å²) < 4.78 is 6.71. The largest absolute Gasteiger partial charge is 0.483 e. The van der Waals surface area contributed by atoms with E-state index in [2.05, 4.69) is 4.90 Å². The van der Waals surface area contributed by atoms with Crippen molar-refractivity contribution in [2.24, 2.45) is 0 Å². The van der Waals surface area contributed by atoms with Crippen molar-refractivity contribution in [1.29, 1.82) is 0 Å². The van der Waals surface area contributed by atoms with Gasteiger partial charge in [-0.25, -0.2) is 4.98 Å². The molecule has 5 nitrogen and oxygen atoms in total. The maximum Gasteiger partial charge on any atom is 0.266 e. The number of benzene rings is 2. The maximum absolute atomic E-state index is 13.1. The average Bonchev–Trinajstić information content (AvgIpc) is 3.13. The Labute approximate surface area is 193 Å². The Hall–Kier alpha value is -1.86. The van der Waals surface area contributed by atoms with Crippen LogP contribution < -0.4 is 9.64 Å². The second-order valence-electron chi connectivity index (χ2n) is 7.29. The van der Waals surface area contributed by atoms with E-state index in [-0.39, 0.29) is 24.9 Å². The highest BCUT2D eigenvalue weighted by atomic mass is 35.5. The fourth-order valence-corrected chi connectivity index (χ4v) is 4.37. The molecule has 0 radical (unpaired) electrons. The smallest absolute Gasteiger partial charge is 0.266 e. The first kappa shape index (κ1) is 24.4. The quantitative estimate of drug-likeness (QED) is 0.447. The summed E-state index contributed by atoms with van der Waals surface area (Å²) in [5.74, 6) is 0.608. The zero-order valence-corrected chi connectivity index (χ0v) is 20.0. The molecule has 2 aromatic carbocycles. The summed E-state index contributed by atoms with van der Waals surface area (Å²) in [6.45, 7) is 5.39. The first-order chi connectivity index (χ1) is 13.9. The van der Waals surface area contributed by atoms with E-state index in [4.69, 9.17) is 21.3 Å². The van der Waals surface area contributed by atoms with E-state index in [1.807, 2.05) is 64.3 Å². The van der Waals surface area contributed by atoms with E-state index in [9.17, 15) is 4.79 Å². The Balaban J connectivity index is 0.00000320. The van der Waals surface area contributed by atoms with Crippen molar-refractivity contribution in [1.82, 2.24) is 9.88 Å². The molecular formula is C22H27Cl2N3O2S. The normalized spacial score (nSPS) is 10.9. The number of carbonyl (C=O) groups excluding carboxylic acids is 1. The van der Waals surface area contributed by atoms with Crippen LogP contribution in [0.3, 0.4) is 0 Å². The predicted octanol–water partition coefficient (Wildman–Crippen LogP) is 5.35. The molecule has 0 aliphatic heterocycles. The van der Waals surface area contributed by atoms with Crippen molar-refractivity contribution in [2.45, 2.75) is 20.3 Å². The first-order valence-electron chi connectivity index (χ1n) is 9.56. The monoisotopic (exact) mass is 467 g/mol. The Kier molecular flexibility index (Phi) is 8.92. The molecule has 1 heterocycles. The summed E-state index contributed by atoms with van der Waals surface area (Å²) in [5.41, 5.74) is 2.90. The minimum absolute atomic E-state index is 0. The molecule has 3 rings (SSSR count). The molecule has 0 saturated heterocycles. The summed E-state index contributed by atoms with van der Waals surface area (Å²) in [5, 5.41) is 1.32. The van der Waals surface area contributed by atoms with Crippen LogP contribution in [0.25, 0.3) is 10.2 Å². The van der Waals surface area contributed by atoms with Gasteiger partial charge >= 0.3 is 0 Å². The van der Waals surface area contributed by atoms with Crippen molar-refractivity contribution in [3.8, 4) is 5.75 Å². The van der Waals surface area contributed by atoms with E-state index in [0.717, 1.165) is 40.1 Å². The van der Waals surface area contributed by atoms with Crippen LogP contribution in [0.1, 0.15) is 17.5 Å². The summed E-state index contributed by atoms with van der Waals surface area (Å²) in [7, 11) is 4.04. The summed E-state index contributed by atoms with van der Waals surface area (Å²) in [4.78, 5) is 21.6. The Morgan fingerprint density at radius 2 is 1.83 bits per heavy atom. The van der Waals surface area contributed by atoms with Crippen LogP contribution in [0.4, 0.5) is 5.13 Å². The van der Waals surface area contributed by atoms with Crippen LogP contribution in [-0.2, 0) is 4.79 Å². The van der Waals surface area contributed by atoms with Gasteiger partial charge in [-0.1, -0.05) is 47.2 Å². The van der Waals surface area contributed by atoms with Crippen molar-refractivity contribution in [2.75, 3.05) is 38.7 Å². The first-order valence-corrected chi connectivity index (χ1v) is 10.8. The van der Waals surface area contributed by atoms with Gasteiger partial charge in [0.15, 0.2) is 11.7 Å². The molecule has 3 aromatic rings. The molecule has 30 heavy (non-hydrogen) atoms. The Morgan fingerprint density at radius 1 is 1.10 bits per heavy atom. The number of amides is 1. The highest BCUT2D eigenvalue weighted by Crippen LogP contribution is 2.35. The average molecular weight is 468 g/mol. The van der Waals surface area contributed by atoms with E-state index < -0.39 is 0 Å². The molecule has 1 amide bonds. The number of fused-ring (bicyclic) bond motifs is 1. The molecule has 0 bridgehead atoms. The number of nitrogens with zero attached hydrogens (tertiary/aromatic N) is 3. The highest BCUT2D eigenvalue weighted by Gasteiger charge is 2.21. The number of aryl methyl sites for hydroxylation is 2. The van der Waals surface area contributed by atoms with Gasteiger partial charge in [0.2, 0.25) is 0 Å². The molecule has 8 heteroatoms. The highest BCUT2D eigenvalue weighted by molar-refractivity contribution is 7.23. The van der Waals surface area contributed by atoms with Crippen molar-refractivity contribution in [3.05, 3.63) is 52.5 Å². The van der Waals surface area contributed by atoms with Gasteiger partial charge in [-0.3, -0.25) is 9.69 Å². The van der Waals surface area contributed by atoms with E-state index >= 15 is 0 Å². The maximum atomic E-state index is 13.1. The molecule has 0 saturated carbocycles.